The summed E-state index contributed by atoms with van der Waals surface area (Å²) < 4.78 is 16.8. The van der Waals surface area contributed by atoms with E-state index in [1.807, 2.05) is 31.2 Å². The van der Waals surface area contributed by atoms with Gasteiger partial charge in [0.1, 0.15) is 12.7 Å². The Kier molecular flexibility index (Phi) is 5.20. The van der Waals surface area contributed by atoms with E-state index in [4.69, 9.17) is 20.1 Å². The number of carbonyl (C=O) groups is 1. The Bertz CT molecular complexity index is 453. The molecular formula is C14H20N2O4. The van der Waals surface area contributed by atoms with Gasteiger partial charge in [0.2, 0.25) is 0 Å². The molecule has 1 amide bonds. The Labute approximate surface area is 118 Å². The summed E-state index contributed by atoms with van der Waals surface area (Å²) in [5.74, 6) is 6.20. The lowest BCUT2D eigenvalue weighted by Crippen LogP contribution is -2.39. The van der Waals surface area contributed by atoms with Gasteiger partial charge in [0, 0.05) is 0 Å². The maximum absolute atomic E-state index is 11.4. The van der Waals surface area contributed by atoms with Crippen LogP contribution in [0.2, 0.25) is 0 Å². The van der Waals surface area contributed by atoms with Crippen molar-refractivity contribution in [1.29, 1.82) is 0 Å². The molecule has 1 heterocycles. The van der Waals surface area contributed by atoms with Gasteiger partial charge in [0.05, 0.1) is 12.7 Å². The SMILES string of the molecule is CCOc1ccccc1OCC1CCC(C(=O)NN)O1. The summed E-state index contributed by atoms with van der Waals surface area (Å²) in [5, 5.41) is 0. The van der Waals surface area contributed by atoms with Gasteiger partial charge in [0.15, 0.2) is 11.5 Å². The number of para-hydroxylation sites is 2. The van der Waals surface area contributed by atoms with Gasteiger partial charge in [-0.2, -0.15) is 0 Å². The number of rotatable bonds is 6. The number of ether oxygens (including phenoxy) is 3. The van der Waals surface area contributed by atoms with E-state index in [1.165, 1.54) is 0 Å². The minimum absolute atomic E-state index is 0.105. The topological polar surface area (TPSA) is 82.8 Å². The Morgan fingerprint density at radius 3 is 2.70 bits per heavy atom. The highest BCUT2D eigenvalue weighted by atomic mass is 16.6. The molecule has 0 spiro atoms. The fourth-order valence-corrected chi connectivity index (χ4v) is 2.14. The van der Waals surface area contributed by atoms with Crippen LogP contribution in [0.1, 0.15) is 19.8 Å². The van der Waals surface area contributed by atoms with E-state index in [2.05, 4.69) is 5.43 Å². The van der Waals surface area contributed by atoms with Crippen LogP contribution in [0.5, 0.6) is 11.5 Å². The lowest BCUT2D eigenvalue weighted by molar-refractivity contribution is -0.132. The first kappa shape index (κ1) is 14.6. The predicted octanol–water partition coefficient (Wildman–Crippen LogP) is 1.00. The van der Waals surface area contributed by atoms with Gasteiger partial charge in [-0.05, 0) is 31.9 Å². The van der Waals surface area contributed by atoms with Gasteiger partial charge >= 0.3 is 0 Å². The highest BCUT2D eigenvalue weighted by Crippen LogP contribution is 2.28. The number of hydrazine groups is 1. The minimum atomic E-state index is -0.476. The summed E-state index contributed by atoms with van der Waals surface area (Å²) in [6.45, 7) is 2.89. The molecule has 0 bridgehead atoms. The first-order valence-electron chi connectivity index (χ1n) is 6.75. The molecule has 1 aromatic rings. The first-order valence-corrected chi connectivity index (χ1v) is 6.75. The molecule has 0 radical (unpaired) electrons. The van der Waals surface area contributed by atoms with Crippen LogP contribution in [0.25, 0.3) is 0 Å². The van der Waals surface area contributed by atoms with Crippen molar-refractivity contribution < 1.29 is 19.0 Å². The number of hydrogen-bond acceptors (Lipinski definition) is 5. The van der Waals surface area contributed by atoms with Crippen LogP contribution in [-0.2, 0) is 9.53 Å². The van der Waals surface area contributed by atoms with E-state index < -0.39 is 6.10 Å². The fraction of sp³-hybridized carbons (Fsp3) is 0.500. The number of nitrogens with one attached hydrogen (secondary N) is 1. The van der Waals surface area contributed by atoms with Gasteiger partial charge in [-0.25, -0.2) is 5.84 Å². The minimum Gasteiger partial charge on any atom is -0.490 e. The fourth-order valence-electron chi connectivity index (χ4n) is 2.14. The quantitative estimate of drug-likeness (QED) is 0.461. The summed E-state index contributed by atoms with van der Waals surface area (Å²) in [6, 6.07) is 7.49. The molecule has 1 aliphatic heterocycles. The van der Waals surface area contributed by atoms with Gasteiger partial charge < -0.3 is 14.2 Å². The summed E-state index contributed by atoms with van der Waals surface area (Å²) in [7, 11) is 0. The van der Waals surface area contributed by atoms with E-state index >= 15 is 0 Å². The Hall–Kier alpha value is -1.79. The predicted molar refractivity (Wildman–Crippen MR) is 73.3 cm³/mol. The normalized spacial score (nSPS) is 21.5. The highest BCUT2D eigenvalue weighted by molar-refractivity contribution is 5.80. The zero-order valence-corrected chi connectivity index (χ0v) is 11.5. The third-order valence-corrected chi connectivity index (χ3v) is 3.12. The van der Waals surface area contributed by atoms with Gasteiger partial charge in [-0.1, -0.05) is 12.1 Å². The molecule has 0 aliphatic carbocycles. The number of hydrogen-bond donors (Lipinski definition) is 2. The molecule has 1 aromatic carbocycles. The van der Waals surface area contributed by atoms with Crippen LogP contribution >= 0.6 is 0 Å². The Balaban J connectivity index is 1.86. The Morgan fingerprint density at radius 2 is 2.05 bits per heavy atom. The van der Waals surface area contributed by atoms with E-state index in [-0.39, 0.29) is 12.0 Å². The van der Waals surface area contributed by atoms with Crippen molar-refractivity contribution in [2.45, 2.75) is 32.0 Å². The molecule has 1 saturated heterocycles. The molecule has 0 saturated carbocycles. The molecule has 2 rings (SSSR count). The van der Waals surface area contributed by atoms with Crippen LogP contribution in [0.4, 0.5) is 0 Å². The zero-order chi connectivity index (χ0) is 14.4. The van der Waals surface area contributed by atoms with Crippen molar-refractivity contribution >= 4 is 5.91 Å². The summed E-state index contributed by atoms with van der Waals surface area (Å²) in [6.07, 6.45) is 0.849. The number of benzene rings is 1. The lowest BCUT2D eigenvalue weighted by atomic mass is 10.2. The first-order chi connectivity index (χ1) is 9.74. The summed E-state index contributed by atoms with van der Waals surface area (Å²) in [4.78, 5) is 11.4. The molecule has 0 aromatic heterocycles. The van der Waals surface area contributed by atoms with Crippen LogP contribution in [0, 0.1) is 0 Å². The second-order valence-electron chi connectivity index (χ2n) is 4.52. The summed E-state index contributed by atoms with van der Waals surface area (Å²) in [5.41, 5.74) is 2.10. The van der Waals surface area contributed by atoms with E-state index in [0.29, 0.717) is 31.1 Å². The molecule has 20 heavy (non-hydrogen) atoms. The lowest BCUT2D eigenvalue weighted by Gasteiger charge is -2.15. The number of nitrogens with two attached hydrogens (primary N) is 1. The Morgan fingerprint density at radius 1 is 1.35 bits per heavy atom. The van der Waals surface area contributed by atoms with Crippen LogP contribution in [-0.4, -0.2) is 31.3 Å². The van der Waals surface area contributed by atoms with Crippen molar-refractivity contribution in [1.82, 2.24) is 5.43 Å². The molecule has 1 aliphatic rings. The van der Waals surface area contributed by atoms with Crippen molar-refractivity contribution in [3.05, 3.63) is 24.3 Å². The van der Waals surface area contributed by atoms with Gasteiger partial charge in [-0.3, -0.25) is 10.2 Å². The van der Waals surface area contributed by atoms with Gasteiger partial charge in [-0.15, -0.1) is 0 Å². The standard InChI is InChI=1S/C14H20N2O4/c1-2-18-11-5-3-4-6-12(11)19-9-10-7-8-13(20-10)14(17)16-15/h3-6,10,13H,2,7-9,15H2,1H3,(H,16,17). The van der Waals surface area contributed by atoms with Gasteiger partial charge in [0.25, 0.3) is 5.91 Å². The molecule has 110 valence electrons. The molecule has 3 N–H and O–H groups in total. The van der Waals surface area contributed by atoms with Crippen molar-refractivity contribution in [2.24, 2.45) is 5.84 Å². The second kappa shape index (κ2) is 7.12. The molecule has 1 fully saturated rings. The third-order valence-electron chi connectivity index (χ3n) is 3.12. The van der Waals surface area contributed by atoms with E-state index in [1.54, 1.807) is 0 Å². The molecule has 2 atom stereocenters. The maximum atomic E-state index is 11.4. The zero-order valence-electron chi connectivity index (χ0n) is 11.5. The third kappa shape index (κ3) is 3.61. The smallest absolute Gasteiger partial charge is 0.263 e. The molecule has 6 heteroatoms. The van der Waals surface area contributed by atoms with Crippen molar-refractivity contribution in [3.8, 4) is 11.5 Å². The second-order valence-corrected chi connectivity index (χ2v) is 4.52. The monoisotopic (exact) mass is 280 g/mol. The van der Waals surface area contributed by atoms with Crippen LogP contribution < -0.4 is 20.7 Å². The van der Waals surface area contributed by atoms with Crippen molar-refractivity contribution in [2.75, 3.05) is 13.2 Å². The van der Waals surface area contributed by atoms with Crippen LogP contribution in [0.15, 0.2) is 24.3 Å². The highest BCUT2D eigenvalue weighted by Gasteiger charge is 2.30. The van der Waals surface area contributed by atoms with E-state index in [0.717, 1.165) is 6.42 Å². The average molecular weight is 280 g/mol. The number of carbonyl (C=O) groups excluding carboxylic acids is 1. The van der Waals surface area contributed by atoms with Crippen molar-refractivity contribution in [3.63, 3.8) is 0 Å². The average Bonchev–Trinajstić information content (AvgIpc) is 2.95. The van der Waals surface area contributed by atoms with Crippen LogP contribution in [0.3, 0.4) is 0 Å². The largest absolute Gasteiger partial charge is 0.490 e. The molecule has 2 unspecified atom stereocenters. The number of amides is 1. The summed E-state index contributed by atoms with van der Waals surface area (Å²) >= 11 is 0. The van der Waals surface area contributed by atoms with E-state index in [9.17, 15) is 4.79 Å². The molecule has 6 nitrogen and oxygen atoms in total. The molecular weight excluding hydrogens is 260 g/mol. The maximum Gasteiger partial charge on any atom is 0.263 e.